The number of ether oxygens (including phenoxy) is 3. The molecule has 0 radical (unpaired) electrons. The molecule has 0 atom stereocenters. The van der Waals surface area contributed by atoms with Gasteiger partial charge in [-0.3, -0.25) is 19.5 Å². The van der Waals surface area contributed by atoms with Crippen LogP contribution >= 0.6 is 0 Å². The Kier molecular flexibility index (Phi) is 6.26. The molecule has 0 fully saturated rings. The number of anilines is 1. The van der Waals surface area contributed by atoms with Gasteiger partial charge in [-0.1, -0.05) is 18.2 Å². The number of rotatable bonds is 8. The van der Waals surface area contributed by atoms with E-state index in [1.807, 2.05) is 6.07 Å². The predicted octanol–water partition coefficient (Wildman–Crippen LogP) is 3.50. The van der Waals surface area contributed by atoms with Gasteiger partial charge in [0.05, 0.1) is 33.4 Å². The lowest BCUT2D eigenvalue weighted by Gasteiger charge is -2.15. The SMILES string of the molecule is COc1ccc(C2=C(Nc3cc(OC)cc(OC)c3)C(=O)N(Cc3cccnc3)C2=O)cc1. The largest absolute Gasteiger partial charge is 0.497 e. The zero-order valence-corrected chi connectivity index (χ0v) is 18.5. The van der Waals surface area contributed by atoms with Crippen LogP contribution in [0.4, 0.5) is 5.69 Å². The molecule has 0 unspecified atom stereocenters. The van der Waals surface area contributed by atoms with Crippen molar-refractivity contribution in [1.82, 2.24) is 9.88 Å². The summed E-state index contributed by atoms with van der Waals surface area (Å²) < 4.78 is 15.9. The molecule has 0 aliphatic carbocycles. The Balaban J connectivity index is 1.76. The van der Waals surface area contributed by atoms with Crippen LogP contribution in [0.5, 0.6) is 17.2 Å². The van der Waals surface area contributed by atoms with Gasteiger partial charge in [0.15, 0.2) is 0 Å². The first kappa shape index (κ1) is 21.9. The van der Waals surface area contributed by atoms with Gasteiger partial charge in [0, 0.05) is 36.3 Å². The number of carbonyl (C=O) groups is 2. The van der Waals surface area contributed by atoms with Crippen LogP contribution < -0.4 is 19.5 Å². The number of imide groups is 1. The molecule has 1 aliphatic heterocycles. The summed E-state index contributed by atoms with van der Waals surface area (Å²) in [4.78, 5) is 32.1. The third-order valence-corrected chi connectivity index (χ3v) is 5.23. The van der Waals surface area contributed by atoms with Crippen LogP contribution in [0.25, 0.3) is 5.57 Å². The molecule has 0 spiro atoms. The molecule has 2 heterocycles. The number of nitrogens with zero attached hydrogens (tertiary/aromatic N) is 2. The fourth-order valence-corrected chi connectivity index (χ4v) is 3.56. The summed E-state index contributed by atoms with van der Waals surface area (Å²) in [6, 6.07) is 15.7. The minimum Gasteiger partial charge on any atom is -0.497 e. The van der Waals surface area contributed by atoms with E-state index in [1.54, 1.807) is 82.3 Å². The summed E-state index contributed by atoms with van der Waals surface area (Å²) in [6.45, 7) is 0.109. The fourth-order valence-electron chi connectivity index (χ4n) is 3.56. The Morgan fingerprint density at radius 1 is 0.848 bits per heavy atom. The van der Waals surface area contributed by atoms with E-state index in [2.05, 4.69) is 10.3 Å². The maximum absolute atomic E-state index is 13.4. The van der Waals surface area contributed by atoms with E-state index in [0.29, 0.717) is 28.5 Å². The van der Waals surface area contributed by atoms with Crippen LogP contribution in [0.3, 0.4) is 0 Å². The predicted molar refractivity (Wildman–Crippen MR) is 123 cm³/mol. The zero-order valence-electron chi connectivity index (χ0n) is 18.5. The Morgan fingerprint density at radius 3 is 2.09 bits per heavy atom. The lowest BCUT2D eigenvalue weighted by Crippen LogP contribution is -2.32. The van der Waals surface area contributed by atoms with Crippen molar-refractivity contribution in [3.8, 4) is 17.2 Å². The third-order valence-electron chi connectivity index (χ3n) is 5.23. The number of aromatic nitrogens is 1. The Labute approximate surface area is 191 Å². The fraction of sp³-hybridized carbons (Fsp3) is 0.160. The number of carbonyl (C=O) groups excluding carboxylic acids is 2. The monoisotopic (exact) mass is 445 g/mol. The second-order valence-electron chi connectivity index (χ2n) is 7.26. The van der Waals surface area contributed by atoms with Crippen molar-refractivity contribution >= 4 is 23.1 Å². The highest BCUT2D eigenvalue weighted by atomic mass is 16.5. The molecule has 0 saturated heterocycles. The maximum Gasteiger partial charge on any atom is 0.278 e. The van der Waals surface area contributed by atoms with Crippen molar-refractivity contribution in [2.24, 2.45) is 0 Å². The molecule has 1 N–H and O–H groups in total. The van der Waals surface area contributed by atoms with Crippen molar-refractivity contribution < 1.29 is 23.8 Å². The van der Waals surface area contributed by atoms with Gasteiger partial charge in [-0.2, -0.15) is 0 Å². The van der Waals surface area contributed by atoms with Gasteiger partial charge in [-0.05, 0) is 29.3 Å². The average Bonchev–Trinajstić information content (AvgIpc) is 3.08. The minimum atomic E-state index is -0.434. The van der Waals surface area contributed by atoms with E-state index < -0.39 is 11.8 Å². The van der Waals surface area contributed by atoms with Crippen molar-refractivity contribution in [3.63, 3.8) is 0 Å². The van der Waals surface area contributed by atoms with E-state index in [1.165, 1.54) is 4.90 Å². The smallest absolute Gasteiger partial charge is 0.278 e. The molecule has 2 amide bonds. The second-order valence-corrected chi connectivity index (χ2v) is 7.26. The molecule has 4 rings (SSSR count). The highest BCUT2D eigenvalue weighted by molar-refractivity contribution is 6.36. The van der Waals surface area contributed by atoms with Gasteiger partial charge in [-0.15, -0.1) is 0 Å². The molecule has 168 valence electrons. The standard InChI is InChI=1S/C25H23N3O5/c1-31-19-8-6-17(7-9-19)22-23(27-18-11-20(32-2)13-21(12-18)33-3)25(30)28(24(22)29)15-16-5-4-10-26-14-16/h4-14,27H,15H2,1-3H3. The summed E-state index contributed by atoms with van der Waals surface area (Å²) >= 11 is 0. The molecular weight excluding hydrogens is 422 g/mol. The van der Waals surface area contributed by atoms with Gasteiger partial charge < -0.3 is 19.5 Å². The Hall–Kier alpha value is -4.33. The van der Waals surface area contributed by atoms with Crippen molar-refractivity contribution in [2.45, 2.75) is 6.54 Å². The van der Waals surface area contributed by atoms with Crippen LogP contribution in [0.15, 0.2) is 72.7 Å². The Morgan fingerprint density at radius 2 is 1.52 bits per heavy atom. The lowest BCUT2D eigenvalue weighted by atomic mass is 10.0. The van der Waals surface area contributed by atoms with E-state index in [4.69, 9.17) is 14.2 Å². The number of benzene rings is 2. The van der Waals surface area contributed by atoms with Crippen LogP contribution in [-0.4, -0.2) is 43.0 Å². The highest BCUT2D eigenvalue weighted by Crippen LogP contribution is 2.34. The number of hydrogen-bond acceptors (Lipinski definition) is 7. The summed E-state index contributed by atoms with van der Waals surface area (Å²) in [7, 11) is 4.65. The van der Waals surface area contributed by atoms with Crippen molar-refractivity contribution in [1.29, 1.82) is 0 Å². The molecular formula is C25H23N3O5. The molecule has 0 saturated carbocycles. The molecule has 2 aromatic carbocycles. The first-order valence-corrected chi connectivity index (χ1v) is 10.2. The first-order chi connectivity index (χ1) is 16.0. The number of hydrogen-bond donors (Lipinski definition) is 1. The van der Waals surface area contributed by atoms with Crippen LogP contribution in [0, 0.1) is 0 Å². The third kappa shape index (κ3) is 4.50. The number of pyridine rings is 1. The van der Waals surface area contributed by atoms with Crippen LogP contribution in [0.1, 0.15) is 11.1 Å². The highest BCUT2D eigenvalue weighted by Gasteiger charge is 2.39. The summed E-state index contributed by atoms with van der Waals surface area (Å²) in [5.74, 6) is 0.915. The van der Waals surface area contributed by atoms with Gasteiger partial charge in [0.1, 0.15) is 22.9 Å². The van der Waals surface area contributed by atoms with Crippen molar-refractivity contribution in [3.05, 3.63) is 83.8 Å². The molecule has 3 aromatic rings. The number of amides is 2. The number of methoxy groups -OCH3 is 3. The van der Waals surface area contributed by atoms with E-state index >= 15 is 0 Å². The average molecular weight is 445 g/mol. The van der Waals surface area contributed by atoms with E-state index in [-0.39, 0.29) is 17.8 Å². The molecule has 33 heavy (non-hydrogen) atoms. The van der Waals surface area contributed by atoms with Gasteiger partial charge in [0.2, 0.25) is 0 Å². The van der Waals surface area contributed by atoms with Crippen LogP contribution in [0.2, 0.25) is 0 Å². The summed E-state index contributed by atoms with van der Waals surface area (Å²) in [6.07, 6.45) is 3.27. The first-order valence-electron chi connectivity index (χ1n) is 10.2. The minimum absolute atomic E-state index is 0.109. The molecule has 8 nitrogen and oxygen atoms in total. The van der Waals surface area contributed by atoms with E-state index in [9.17, 15) is 9.59 Å². The molecule has 0 bridgehead atoms. The summed E-state index contributed by atoms with van der Waals surface area (Å²) in [5, 5.41) is 3.12. The van der Waals surface area contributed by atoms with E-state index in [0.717, 1.165) is 5.56 Å². The number of nitrogens with one attached hydrogen (secondary N) is 1. The van der Waals surface area contributed by atoms with Gasteiger partial charge >= 0.3 is 0 Å². The second kappa shape index (κ2) is 9.44. The normalized spacial score (nSPS) is 13.4. The zero-order chi connectivity index (χ0) is 23.4. The quantitative estimate of drug-likeness (QED) is 0.531. The summed E-state index contributed by atoms with van der Waals surface area (Å²) in [5.41, 5.74) is 2.34. The molecule has 1 aromatic heterocycles. The Bertz CT molecular complexity index is 1180. The lowest BCUT2D eigenvalue weighted by molar-refractivity contribution is -0.137. The van der Waals surface area contributed by atoms with Gasteiger partial charge in [-0.25, -0.2) is 0 Å². The molecule has 1 aliphatic rings. The van der Waals surface area contributed by atoms with Gasteiger partial charge in [0.25, 0.3) is 11.8 Å². The maximum atomic E-state index is 13.4. The topological polar surface area (TPSA) is 90.0 Å². The van der Waals surface area contributed by atoms with Crippen molar-refractivity contribution in [2.75, 3.05) is 26.6 Å². The van der Waals surface area contributed by atoms with Crippen LogP contribution in [-0.2, 0) is 16.1 Å². The molecule has 8 heteroatoms.